The van der Waals surface area contributed by atoms with Crippen LogP contribution in [-0.4, -0.2) is 29.3 Å². The Bertz CT molecular complexity index is 591. The van der Waals surface area contributed by atoms with Crippen LogP contribution < -0.4 is 16.4 Å². The maximum atomic E-state index is 11.9. The van der Waals surface area contributed by atoms with Gasteiger partial charge in [0, 0.05) is 18.2 Å². The molecular weight excluding hydrogens is 300 g/mol. The summed E-state index contributed by atoms with van der Waals surface area (Å²) in [6.45, 7) is 3.60. The minimum absolute atomic E-state index is 0.0264. The van der Waals surface area contributed by atoms with Gasteiger partial charge in [-0.2, -0.15) is 0 Å². The number of halogens is 1. The fourth-order valence-corrected chi connectivity index (χ4v) is 1.85. The van der Waals surface area contributed by atoms with E-state index in [1.165, 1.54) is 13.0 Å². The fraction of sp³-hybridized carbons (Fsp3) is 0.333. The van der Waals surface area contributed by atoms with E-state index < -0.39 is 22.8 Å². The van der Waals surface area contributed by atoms with Crippen molar-refractivity contribution in [1.82, 2.24) is 5.32 Å². The van der Waals surface area contributed by atoms with Crippen LogP contribution in [0.3, 0.4) is 0 Å². The predicted octanol–water partition coefficient (Wildman–Crippen LogP) is 1.28. The van der Waals surface area contributed by atoms with E-state index in [1.54, 1.807) is 6.92 Å². The molecule has 0 aliphatic heterocycles. The molecule has 0 aliphatic carbocycles. The number of rotatable bonds is 6. The van der Waals surface area contributed by atoms with Gasteiger partial charge in [-0.05, 0) is 19.9 Å². The largest absolute Gasteiger partial charge is 0.379 e. The number of hydrogen-bond donors (Lipinski definition) is 3. The van der Waals surface area contributed by atoms with Crippen LogP contribution in [-0.2, 0) is 4.79 Å². The highest BCUT2D eigenvalue weighted by Gasteiger charge is 2.22. The number of carbonyl (C=O) groups is 2. The summed E-state index contributed by atoms with van der Waals surface area (Å²) in [6, 6.07) is 1.48. The van der Waals surface area contributed by atoms with Crippen molar-refractivity contribution in [2.75, 3.05) is 11.9 Å². The lowest BCUT2D eigenvalue weighted by Gasteiger charge is -2.12. The SMILES string of the molecule is CCNc1c(Cl)cc(C(=O)NC(C)C(N)=O)cc1[N+](=O)[O-]. The van der Waals surface area contributed by atoms with Gasteiger partial charge in [-0.1, -0.05) is 11.6 Å². The molecule has 0 heterocycles. The van der Waals surface area contributed by atoms with Gasteiger partial charge in [-0.3, -0.25) is 19.7 Å². The number of benzene rings is 1. The van der Waals surface area contributed by atoms with E-state index in [4.69, 9.17) is 17.3 Å². The number of primary amides is 1. The van der Waals surface area contributed by atoms with Gasteiger partial charge in [0.05, 0.1) is 9.95 Å². The molecule has 2 amide bonds. The minimum atomic E-state index is -0.899. The van der Waals surface area contributed by atoms with Crippen LogP contribution in [0, 0.1) is 10.1 Å². The van der Waals surface area contributed by atoms with Crippen molar-refractivity contribution in [3.05, 3.63) is 32.8 Å². The van der Waals surface area contributed by atoms with Crippen LogP contribution in [0.5, 0.6) is 0 Å². The number of carbonyl (C=O) groups excluding carboxylic acids is 2. The average molecular weight is 315 g/mol. The van der Waals surface area contributed by atoms with E-state index in [1.807, 2.05) is 0 Å². The lowest BCUT2D eigenvalue weighted by Crippen LogP contribution is -2.42. The van der Waals surface area contributed by atoms with E-state index in [2.05, 4.69) is 10.6 Å². The van der Waals surface area contributed by atoms with Gasteiger partial charge < -0.3 is 16.4 Å². The molecule has 0 aromatic heterocycles. The van der Waals surface area contributed by atoms with Crippen molar-refractivity contribution in [3.63, 3.8) is 0 Å². The number of nitrogens with one attached hydrogen (secondary N) is 2. The fourth-order valence-electron chi connectivity index (χ4n) is 1.57. The molecule has 0 saturated carbocycles. The second-order valence-corrected chi connectivity index (χ2v) is 4.64. The molecule has 9 heteroatoms. The topological polar surface area (TPSA) is 127 Å². The summed E-state index contributed by atoms with van der Waals surface area (Å²) in [4.78, 5) is 33.3. The zero-order valence-corrected chi connectivity index (χ0v) is 12.2. The molecule has 0 bridgehead atoms. The summed E-state index contributed by atoms with van der Waals surface area (Å²) in [5, 5.41) is 16.2. The first-order chi connectivity index (χ1) is 9.77. The van der Waals surface area contributed by atoms with Gasteiger partial charge >= 0.3 is 0 Å². The van der Waals surface area contributed by atoms with Crippen LogP contribution in [0.2, 0.25) is 5.02 Å². The normalized spacial score (nSPS) is 11.6. The Morgan fingerprint density at radius 2 is 2.10 bits per heavy atom. The zero-order valence-electron chi connectivity index (χ0n) is 11.5. The summed E-state index contributed by atoms with van der Waals surface area (Å²) in [6.07, 6.45) is 0. The molecule has 1 rings (SSSR count). The van der Waals surface area contributed by atoms with Crippen molar-refractivity contribution in [1.29, 1.82) is 0 Å². The second-order valence-electron chi connectivity index (χ2n) is 4.24. The first-order valence-corrected chi connectivity index (χ1v) is 6.47. The highest BCUT2D eigenvalue weighted by Crippen LogP contribution is 2.33. The van der Waals surface area contributed by atoms with Crippen LogP contribution >= 0.6 is 11.6 Å². The quantitative estimate of drug-likeness (QED) is 0.538. The Hall–Kier alpha value is -2.35. The van der Waals surface area contributed by atoms with Crippen molar-refractivity contribution in [2.24, 2.45) is 5.73 Å². The molecule has 8 nitrogen and oxygen atoms in total. The Labute approximate surface area is 125 Å². The third-order valence-electron chi connectivity index (χ3n) is 2.66. The van der Waals surface area contributed by atoms with Crippen molar-refractivity contribution < 1.29 is 14.5 Å². The maximum absolute atomic E-state index is 11.9. The number of nitro groups is 1. The number of nitrogens with two attached hydrogens (primary N) is 1. The van der Waals surface area contributed by atoms with E-state index in [0.29, 0.717) is 6.54 Å². The third kappa shape index (κ3) is 4.06. The molecule has 114 valence electrons. The van der Waals surface area contributed by atoms with Crippen molar-refractivity contribution >= 4 is 34.8 Å². The Kier molecular flexibility index (Phi) is 5.48. The molecule has 21 heavy (non-hydrogen) atoms. The van der Waals surface area contributed by atoms with E-state index in [-0.39, 0.29) is 22.0 Å². The Morgan fingerprint density at radius 1 is 1.48 bits per heavy atom. The van der Waals surface area contributed by atoms with E-state index in [9.17, 15) is 19.7 Å². The van der Waals surface area contributed by atoms with Gasteiger partial charge in [-0.15, -0.1) is 0 Å². The zero-order chi connectivity index (χ0) is 16.2. The molecule has 0 spiro atoms. The Morgan fingerprint density at radius 3 is 2.57 bits per heavy atom. The van der Waals surface area contributed by atoms with Gasteiger partial charge in [0.1, 0.15) is 11.7 Å². The molecule has 1 aromatic rings. The van der Waals surface area contributed by atoms with E-state index >= 15 is 0 Å². The summed E-state index contributed by atoms with van der Waals surface area (Å²) in [5.41, 5.74) is 4.83. The van der Waals surface area contributed by atoms with Crippen molar-refractivity contribution in [3.8, 4) is 0 Å². The third-order valence-corrected chi connectivity index (χ3v) is 2.95. The molecule has 4 N–H and O–H groups in total. The lowest BCUT2D eigenvalue weighted by atomic mass is 10.1. The molecule has 1 aromatic carbocycles. The molecular formula is C12H15ClN4O4. The molecule has 0 saturated heterocycles. The number of amides is 2. The van der Waals surface area contributed by atoms with Crippen LogP contribution in [0.1, 0.15) is 24.2 Å². The van der Waals surface area contributed by atoms with Gasteiger partial charge in [-0.25, -0.2) is 0 Å². The Balaban J connectivity index is 3.18. The first-order valence-electron chi connectivity index (χ1n) is 6.09. The number of nitrogens with zero attached hydrogens (tertiary/aromatic N) is 1. The highest BCUT2D eigenvalue weighted by molar-refractivity contribution is 6.34. The summed E-state index contributed by atoms with van der Waals surface area (Å²) < 4.78 is 0. The maximum Gasteiger partial charge on any atom is 0.294 e. The summed E-state index contributed by atoms with van der Waals surface area (Å²) >= 11 is 5.96. The van der Waals surface area contributed by atoms with E-state index in [0.717, 1.165) is 6.07 Å². The van der Waals surface area contributed by atoms with Gasteiger partial charge in [0.25, 0.3) is 11.6 Å². The monoisotopic (exact) mass is 314 g/mol. The number of nitro benzene ring substituents is 1. The van der Waals surface area contributed by atoms with Crippen molar-refractivity contribution in [2.45, 2.75) is 19.9 Å². The number of hydrogen-bond acceptors (Lipinski definition) is 5. The molecule has 0 aliphatic rings. The van der Waals surface area contributed by atoms with Gasteiger partial charge in [0.15, 0.2) is 0 Å². The van der Waals surface area contributed by atoms with Gasteiger partial charge in [0.2, 0.25) is 5.91 Å². The average Bonchev–Trinajstić information content (AvgIpc) is 2.40. The van der Waals surface area contributed by atoms with Crippen LogP contribution in [0.15, 0.2) is 12.1 Å². The summed E-state index contributed by atoms with van der Waals surface area (Å²) in [5.74, 6) is -1.39. The minimum Gasteiger partial charge on any atom is -0.379 e. The molecule has 0 fully saturated rings. The second kappa shape index (κ2) is 6.89. The van der Waals surface area contributed by atoms with Crippen LogP contribution in [0.25, 0.3) is 0 Å². The predicted molar refractivity (Wildman–Crippen MR) is 78.4 cm³/mol. The number of anilines is 1. The lowest BCUT2D eigenvalue weighted by molar-refractivity contribution is -0.384. The standard InChI is InChI=1S/C12H15ClN4O4/c1-3-15-10-8(13)4-7(5-9(10)17(20)21)12(19)16-6(2)11(14)18/h4-6,15H,3H2,1-2H3,(H2,14,18)(H,16,19). The molecule has 1 unspecified atom stereocenters. The first kappa shape index (κ1) is 16.7. The summed E-state index contributed by atoms with van der Waals surface area (Å²) in [7, 11) is 0. The molecule has 0 radical (unpaired) electrons. The smallest absolute Gasteiger partial charge is 0.294 e. The molecule has 1 atom stereocenters. The highest BCUT2D eigenvalue weighted by atomic mass is 35.5. The van der Waals surface area contributed by atoms with Crippen LogP contribution in [0.4, 0.5) is 11.4 Å².